The van der Waals surface area contributed by atoms with E-state index in [1.54, 1.807) is 17.2 Å². The van der Waals surface area contributed by atoms with Crippen LogP contribution in [0.3, 0.4) is 0 Å². The molecule has 0 aliphatic carbocycles. The summed E-state index contributed by atoms with van der Waals surface area (Å²) in [5, 5.41) is 9.86. The van der Waals surface area contributed by atoms with Gasteiger partial charge in [-0.1, -0.05) is 0 Å². The molecule has 0 aliphatic rings. The molecule has 0 spiro atoms. The summed E-state index contributed by atoms with van der Waals surface area (Å²) in [6.45, 7) is 0. The highest BCUT2D eigenvalue weighted by Crippen LogP contribution is 2.32. The first-order valence-corrected chi connectivity index (χ1v) is 5.99. The Morgan fingerprint density at radius 1 is 1.38 bits per heavy atom. The van der Waals surface area contributed by atoms with Crippen molar-refractivity contribution in [2.75, 3.05) is 0 Å². The monoisotopic (exact) mass is 276 g/mol. The van der Waals surface area contributed by atoms with E-state index in [-0.39, 0.29) is 0 Å². The minimum atomic E-state index is -0.602. The van der Waals surface area contributed by atoms with Crippen molar-refractivity contribution >= 4 is 38.6 Å². The van der Waals surface area contributed by atoms with E-state index in [1.165, 1.54) is 22.7 Å². The van der Waals surface area contributed by atoms with E-state index in [1.807, 2.05) is 0 Å². The van der Waals surface area contributed by atoms with E-state index in [0.29, 0.717) is 4.60 Å². The Morgan fingerprint density at radius 3 is 2.77 bits per heavy atom. The van der Waals surface area contributed by atoms with Crippen LogP contribution in [0.4, 0.5) is 0 Å². The molecular weight excluding hydrogens is 272 g/mol. The van der Waals surface area contributed by atoms with E-state index >= 15 is 0 Å². The second-order valence-electron chi connectivity index (χ2n) is 2.31. The quantitative estimate of drug-likeness (QED) is 0.917. The molecule has 2 rings (SSSR count). The molecule has 1 atom stereocenters. The molecule has 0 saturated heterocycles. The highest BCUT2D eigenvalue weighted by Gasteiger charge is 2.17. The molecule has 0 amide bonds. The van der Waals surface area contributed by atoms with Crippen LogP contribution in [0.1, 0.15) is 15.9 Å². The maximum absolute atomic E-state index is 9.86. The predicted octanol–water partition coefficient (Wildman–Crippen LogP) is 2.44. The van der Waals surface area contributed by atoms with Crippen LogP contribution in [0.2, 0.25) is 0 Å². The Labute approximate surface area is 91.2 Å². The molecule has 6 heteroatoms. The van der Waals surface area contributed by atoms with Crippen LogP contribution < -0.4 is 0 Å². The third kappa shape index (κ3) is 1.80. The van der Waals surface area contributed by atoms with Crippen LogP contribution in [-0.4, -0.2) is 15.1 Å². The zero-order valence-electron chi connectivity index (χ0n) is 6.35. The van der Waals surface area contributed by atoms with Gasteiger partial charge in [0.15, 0.2) is 0 Å². The molecule has 0 radical (unpaired) electrons. The smallest absolute Gasteiger partial charge is 0.127 e. The number of aromatic nitrogens is 2. The van der Waals surface area contributed by atoms with Gasteiger partial charge in [0.05, 0.1) is 20.8 Å². The van der Waals surface area contributed by atoms with Crippen molar-refractivity contribution in [2.24, 2.45) is 0 Å². The lowest BCUT2D eigenvalue weighted by molar-refractivity contribution is 0.227. The number of thiazole rings is 2. The normalized spacial score (nSPS) is 13.1. The highest BCUT2D eigenvalue weighted by molar-refractivity contribution is 9.10. The average molecular weight is 277 g/mol. The molecule has 0 fully saturated rings. The van der Waals surface area contributed by atoms with Gasteiger partial charge in [0.2, 0.25) is 0 Å². The maximum Gasteiger partial charge on any atom is 0.127 e. The summed E-state index contributed by atoms with van der Waals surface area (Å²) in [6, 6.07) is 0. The average Bonchev–Trinajstić information content (AvgIpc) is 2.72. The van der Waals surface area contributed by atoms with Gasteiger partial charge in [0, 0.05) is 6.20 Å². The van der Waals surface area contributed by atoms with Crippen molar-refractivity contribution in [1.29, 1.82) is 0 Å². The van der Waals surface area contributed by atoms with E-state index < -0.39 is 6.10 Å². The van der Waals surface area contributed by atoms with Crippen molar-refractivity contribution in [3.8, 4) is 0 Å². The van der Waals surface area contributed by atoms with Gasteiger partial charge < -0.3 is 5.11 Å². The van der Waals surface area contributed by atoms with E-state index in [2.05, 4.69) is 25.9 Å². The Kier molecular flexibility index (Phi) is 2.73. The van der Waals surface area contributed by atoms with Gasteiger partial charge in [-0.3, -0.25) is 4.98 Å². The Morgan fingerprint density at radius 2 is 2.23 bits per heavy atom. The summed E-state index contributed by atoms with van der Waals surface area (Å²) in [5.41, 5.74) is 3.40. The summed E-state index contributed by atoms with van der Waals surface area (Å²) >= 11 is 6.14. The summed E-state index contributed by atoms with van der Waals surface area (Å²) in [4.78, 5) is 9.58. The summed E-state index contributed by atoms with van der Waals surface area (Å²) in [5.74, 6) is 0. The Bertz CT molecular complexity index is 387. The van der Waals surface area contributed by atoms with Crippen LogP contribution >= 0.6 is 38.6 Å². The maximum atomic E-state index is 9.86. The van der Waals surface area contributed by atoms with Gasteiger partial charge >= 0.3 is 0 Å². The molecule has 0 bridgehead atoms. The largest absolute Gasteiger partial charge is 0.382 e. The first kappa shape index (κ1) is 9.26. The predicted molar refractivity (Wildman–Crippen MR) is 56.0 cm³/mol. The number of rotatable bonds is 2. The molecule has 13 heavy (non-hydrogen) atoms. The van der Waals surface area contributed by atoms with Crippen LogP contribution in [0, 0.1) is 0 Å². The minimum Gasteiger partial charge on any atom is -0.382 e. The zero-order chi connectivity index (χ0) is 9.26. The second kappa shape index (κ2) is 3.83. The van der Waals surface area contributed by atoms with Gasteiger partial charge in [-0.2, -0.15) is 0 Å². The molecule has 3 nitrogen and oxygen atoms in total. The van der Waals surface area contributed by atoms with Gasteiger partial charge in [-0.15, -0.1) is 22.7 Å². The van der Waals surface area contributed by atoms with Gasteiger partial charge in [-0.05, 0) is 15.9 Å². The fourth-order valence-electron chi connectivity index (χ4n) is 0.909. The fourth-order valence-corrected chi connectivity index (χ4v) is 3.01. The molecule has 0 saturated carbocycles. The number of halogens is 1. The number of aliphatic hydroxyl groups excluding tert-OH is 1. The summed E-state index contributed by atoms with van der Waals surface area (Å²) in [6.07, 6.45) is 1.07. The van der Waals surface area contributed by atoms with Crippen molar-refractivity contribution in [3.63, 3.8) is 0 Å². The number of aliphatic hydroxyl groups is 1. The lowest BCUT2D eigenvalue weighted by Gasteiger charge is -2.04. The van der Waals surface area contributed by atoms with E-state index in [9.17, 15) is 5.11 Å². The molecule has 1 unspecified atom stereocenters. The van der Waals surface area contributed by atoms with Gasteiger partial charge in [0.25, 0.3) is 0 Å². The van der Waals surface area contributed by atoms with Crippen molar-refractivity contribution in [1.82, 2.24) is 9.97 Å². The van der Waals surface area contributed by atoms with Crippen molar-refractivity contribution < 1.29 is 5.11 Å². The third-order valence-corrected chi connectivity index (χ3v) is 4.12. The van der Waals surface area contributed by atoms with Crippen LogP contribution in [0.25, 0.3) is 0 Å². The van der Waals surface area contributed by atoms with Crippen LogP contribution in [0.15, 0.2) is 21.8 Å². The third-order valence-electron chi connectivity index (χ3n) is 1.52. The highest BCUT2D eigenvalue weighted by atomic mass is 79.9. The van der Waals surface area contributed by atoms with Gasteiger partial charge in [0.1, 0.15) is 10.7 Å². The number of hydrogen-bond acceptors (Lipinski definition) is 5. The van der Waals surface area contributed by atoms with Gasteiger partial charge in [-0.25, -0.2) is 4.98 Å². The molecule has 2 heterocycles. The SMILES string of the molecule is OC(c1cncs1)c1scnc1Br. The Balaban J connectivity index is 2.33. The first-order chi connectivity index (χ1) is 6.29. The van der Waals surface area contributed by atoms with E-state index in [4.69, 9.17) is 0 Å². The zero-order valence-corrected chi connectivity index (χ0v) is 9.56. The number of hydrogen-bond donors (Lipinski definition) is 1. The topological polar surface area (TPSA) is 46.0 Å². The molecule has 1 N–H and O–H groups in total. The summed E-state index contributed by atoms with van der Waals surface area (Å²) < 4.78 is 0.707. The lowest BCUT2D eigenvalue weighted by atomic mass is 10.3. The molecule has 2 aromatic heterocycles. The molecule has 0 aromatic carbocycles. The van der Waals surface area contributed by atoms with Crippen molar-refractivity contribution in [2.45, 2.75) is 6.10 Å². The van der Waals surface area contributed by atoms with Crippen LogP contribution in [0.5, 0.6) is 0 Å². The molecule has 0 aliphatic heterocycles. The van der Waals surface area contributed by atoms with Crippen LogP contribution in [-0.2, 0) is 0 Å². The summed E-state index contributed by atoms with van der Waals surface area (Å²) in [7, 11) is 0. The van der Waals surface area contributed by atoms with Crippen molar-refractivity contribution in [3.05, 3.63) is 31.6 Å². The van der Waals surface area contributed by atoms with E-state index in [0.717, 1.165) is 9.75 Å². The first-order valence-electron chi connectivity index (χ1n) is 3.44. The Hall–Kier alpha value is -0.300. The number of nitrogens with zero attached hydrogens (tertiary/aromatic N) is 2. The minimum absolute atomic E-state index is 0.602. The fraction of sp³-hybridized carbons (Fsp3) is 0.143. The lowest BCUT2D eigenvalue weighted by Crippen LogP contribution is -1.94. The molecule has 2 aromatic rings. The standard InChI is InChI=1S/C7H5BrN2OS2/c8-7-6(13-3-10-7)5(11)4-1-9-2-12-4/h1-3,5,11H. The second-order valence-corrected chi connectivity index (χ2v) is 4.87. The molecule has 68 valence electrons. The molecular formula is C7H5BrN2OS2.